The molecule has 0 amide bonds. The molecule has 0 aliphatic carbocycles. The number of benzene rings is 2. The molecule has 0 saturated carbocycles. The Morgan fingerprint density at radius 1 is 1.12 bits per heavy atom. The maximum atomic E-state index is 12.1. The molecule has 0 aliphatic heterocycles. The van der Waals surface area contributed by atoms with Crippen molar-refractivity contribution in [2.75, 3.05) is 6.54 Å². The van der Waals surface area contributed by atoms with Gasteiger partial charge in [0.2, 0.25) is 21.7 Å². The van der Waals surface area contributed by atoms with E-state index in [0.29, 0.717) is 5.56 Å². The number of nitro benzene ring substituents is 1. The fourth-order valence-electron chi connectivity index (χ4n) is 2.21. The summed E-state index contributed by atoms with van der Waals surface area (Å²) in [5, 5.41) is 14.6. The van der Waals surface area contributed by atoms with Crippen LogP contribution in [0.15, 0.2) is 64.0 Å². The monoisotopic (exact) mass is 374 g/mol. The Kier molecular flexibility index (Phi) is 5.05. The van der Waals surface area contributed by atoms with Crippen molar-refractivity contribution in [2.24, 2.45) is 0 Å². The lowest BCUT2D eigenvalue weighted by atomic mass is 10.2. The number of non-ortho nitro benzene ring substituents is 1. The summed E-state index contributed by atoms with van der Waals surface area (Å²) >= 11 is 0. The van der Waals surface area contributed by atoms with Crippen LogP contribution in [0.25, 0.3) is 11.4 Å². The Labute approximate surface area is 148 Å². The molecule has 3 rings (SSSR count). The molecule has 1 heterocycles. The minimum atomic E-state index is -3.61. The number of nitrogens with zero attached hydrogens (tertiary/aromatic N) is 3. The molecule has 0 unspecified atom stereocenters. The first-order valence-electron chi connectivity index (χ1n) is 7.58. The molecular weight excluding hydrogens is 360 g/mol. The molecule has 0 bridgehead atoms. The predicted octanol–water partition coefficient (Wildman–Crippen LogP) is 2.17. The molecular formula is C16H14N4O5S. The Hall–Kier alpha value is -3.11. The molecule has 0 radical (unpaired) electrons. The van der Waals surface area contributed by atoms with Gasteiger partial charge in [-0.2, -0.15) is 4.98 Å². The largest absolute Gasteiger partial charge is 0.339 e. The summed E-state index contributed by atoms with van der Waals surface area (Å²) in [6.45, 7) is 0.0772. The van der Waals surface area contributed by atoms with E-state index in [1.165, 1.54) is 30.3 Å². The standard InChI is InChI=1S/C16H14N4O5S/c21-20(22)13-6-4-5-12(11-13)16-18-15(25-19-16)9-10-17-26(23,24)14-7-2-1-3-8-14/h1-8,11,17H,9-10H2. The van der Waals surface area contributed by atoms with Crippen LogP contribution in [-0.2, 0) is 16.4 Å². The van der Waals surface area contributed by atoms with Gasteiger partial charge in [-0.3, -0.25) is 10.1 Å². The van der Waals surface area contributed by atoms with Crippen LogP contribution in [0.1, 0.15) is 5.89 Å². The van der Waals surface area contributed by atoms with Crippen LogP contribution in [0, 0.1) is 10.1 Å². The van der Waals surface area contributed by atoms with E-state index in [1.807, 2.05) is 0 Å². The fraction of sp³-hybridized carbons (Fsp3) is 0.125. The first-order chi connectivity index (χ1) is 12.5. The van der Waals surface area contributed by atoms with Crippen LogP contribution in [0.4, 0.5) is 5.69 Å². The van der Waals surface area contributed by atoms with Crippen LogP contribution in [0.5, 0.6) is 0 Å². The van der Waals surface area contributed by atoms with Gasteiger partial charge >= 0.3 is 0 Å². The molecule has 134 valence electrons. The summed E-state index contributed by atoms with van der Waals surface area (Å²) in [5.41, 5.74) is 0.364. The third kappa shape index (κ3) is 4.10. The lowest BCUT2D eigenvalue weighted by Gasteiger charge is -2.04. The van der Waals surface area contributed by atoms with Gasteiger partial charge in [-0.1, -0.05) is 35.5 Å². The number of hydrogen-bond donors (Lipinski definition) is 1. The van der Waals surface area contributed by atoms with Crippen LogP contribution in [-0.4, -0.2) is 30.0 Å². The van der Waals surface area contributed by atoms with Crippen molar-refractivity contribution < 1.29 is 17.9 Å². The normalized spacial score (nSPS) is 11.4. The van der Waals surface area contributed by atoms with Gasteiger partial charge in [-0.15, -0.1) is 0 Å². The van der Waals surface area contributed by atoms with Crippen molar-refractivity contribution in [1.82, 2.24) is 14.9 Å². The molecule has 26 heavy (non-hydrogen) atoms. The third-order valence-corrected chi connectivity index (χ3v) is 4.94. The number of nitro groups is 1. The number of rotatable bonds is 7. The predicted molar refractivity (Wildman–Crippen MR) is 91.7 cm³/mol. The summed E-state index contributed by atoms with van der Waals surface area (Å²) in [6, 6.07) is 13.8. The van der Waals surface area contributed by atoms with Crippen LogP contribution in [0.2, 0.25) is 0 Å². The van der Waals surface area contributed by atoms with E-state index in [-0.39, 0.29) is 35.3 Å². The van der Waals surface area contributed by atoms with Gasteiger partial charge in [0.1, 0.15) is 0 Å². The summed E-state index contributed by atoms with van der Waals surface area (Å²) < 4.78 is 31.7. The van der Waals surface area contributed by atoms with Gasteiger partial charge in [-0.05, 0) is 12.1 Å². The van der Waals surface area contributed by atoms with E-state index in [9.17, 15) is 18.5 Å². The zero-order chi connectivity index (χ0) is 18.6. The first kappa shape index (κ1) is 17.7. The molecule has 1 aromatic heterocycles. The maximum Gasteiger partial charge on any atom is 0.270 e. The summed E-state index contributed by atoms with van der Waals surface area (Å²) in [6.07, 6.45) is 0.188. The van der Waals surface area contributed by atoms with Crippen molar-refractivity contribution >= 4 is 15.7 Å². The van der Waals surface area contributed by atoms with Gasteiger partial charge in [0.25, 0.3) is 5.69 Å². The van der Waals surface area contributed by atoms with Gasteiger partial charge in [0.15, 0.2) is 0 Å². The van der Waals surface area contributed by atoms with Gasteiger partial charge in [0, 0.05) is 30.7 Å². The van der Waals surface area contributed by atoms with Gasteiger partial charge in [-0.25, -0.2) is 13.1 Å². The summed E-state index contributed by atoms with van der Waals surface area (Å²) in [7, 11) is -3.61. The van der Waals surface area contributed by atoms with Crippen molar-refractivity contribution in [2.45, 2.75) is 11.3 Å². The second-order valence-electron chi connectivity index (χ2n) is 5.28. The molecule has 9 nitrogen and oxygen atoms in total. The average molecular weight is 374 g/mol. The zero-order valence-electron chi connectivity index (χ0n) is 13.4. The van der Waals surface area contributed by atoms with Crippen molar-refractivity contribution in [1.29, 1.82) is 0 Å². The number of aromatic nitrogens is 2. The average Bonchev–Trinajstić information content (AvgIpc) is 3.11. The molecule has 10 heteroatoms. The highest BCUT2D eigenvalue weighted by atomic mass is 32.2. The van der Waals surface area contributed by atoms with E-state index in [0.717, 1.165) is 0 Å². The molecule has 2 aromatic carbocycles. The highest BCUT2D eigenvalue weighted by molar-refractivity contribution is 7.89. The zero-order valence-corrected chi connectivity index (χ0v) is 14.2. The van der Waals surface area contributed by atoms with Crippen molar-refractivity contribution in [3.8, 4) is 11.4 Å². The molecule has 3 aromatic rings. The Morgan fingerprint density at radius 2 is 1.88 bits per heavy atom. The molecule has 1 N–H and O–H groups in total. The van der Waals surface area contributed by atoms with Crippen LogP contribution < -0.4 is 4.72 Å². The van der Waals surface area contributed by atoms with Crippen LogP contribution >= 0.6 is 0 Å². The summed E-state index contributed by atoms with van der Waals surface area (Å²) in [5.74, 6) is 0.428. The van der Waals surface area contributed by atoms with E-state index in [2.05, 4.69) is 14.9 Å². The molecule has 0 fully saturated rings. The van der Waals surface area contributed by atoms with Gasteiger partial charge < -0.3 is 4.52 Å². The van der Waals surface area contributed by atoms with Crippen LogP contribution in [0.3, 0.4) is 0 Å². The lowest BCUT2D eigenvalue weighted by Crippen LogP contribution is -2.26. The van der Waals surface area contributed by atoms with Crippen molar-refractivity contribution in [3.63, 3.8) is 0 Å². The van der Waals surface area contributed by atoms with E-state index in [4.69, 9.17) is 4.52 Å². The Balaban J connectivity index is 1.64. The highest BCUT2D eigenvalue weighted by Crippen LogP contribution is 2.21. The number of sulfonamides is 1. The maximum absolute atomic E-state index is 12.1. The fourth-order valence-corrected chi connectivity index (χ4v) is 3.26. The Bertz CT molecular complexity index is 1020. The minimum absolute atomic E-state index is 0.0772. The topological polar surface area (TPSA) is 128 Å². The van der Waals surface area contributed by atoms with E-state index < -0.39 is 14.9 Å². The Morgan fingerprint density at radius 3 is 2.62 bits per heavy atom. The van der Waals surface area contributed by atoms with Crippen molar-refractivity contribution in [3.05, 3.63) is 70.6 Å². The third-order valence-electron chi connectivity index (χ3n) is 3.47. The smallest absolute Gasteiger partial charge is 0.270 e. The molecule has 0 spiro atoms. The molecule has 0 atom stereocenters. The minimum Gasteiger partial charge on any atom is -0.339 e. The van der Waals surface area contributed by atoms with E-state index in [1.54, 1.807) is 24.3 Å². The number of hydrogen-bond acceptors (Lipinski definition) is 7. The summed E-state index contributed by atoms with van der Waals surface area (Å²) in [4.78, 5) is 14.6. The number of nitrogens with one attached hydrogen (secondary N) is 1. The SMILES string of the molecule is O=[N+]([O-])c1cccc(-c2noc(CCNS(=O)(=O)c3ccccc3)n2)c1. The molecule has 0 saturated heterocycles. The van der Waals surface area contributed by atoms with E-state index >= 15 is 0 Å². The second kappa shape index (κ2) is 7.42. The van der Waals surface area contributed by atoms with Gasteiger partial charge in [0.05, 0.1) is 9.82 Å². The highest BCUT2D eigenvalue weighted by Gasteiger charge is 2.15. The second-order valence-corrected chi connectivity index (χ2v) is 7.05. The molecule has 0 aliphatic rings. The lowest BCUT2D eigenvalue weighted by molar-refractivity contribution is -0.384. The first-order valence-corrected chi connectivity index (χ1v) is 9.06. The quantitative estimate of drug-likeness (QED) is 0.495.